The minimum absolute atomic E-state index is 0.580. The van der Waals surface area contributed by atoms with Crippen molar-refractivity contribution in [1.82, 2.24) is 4.98 Å². The van der Waals surface area contributed by atoms with Crippen molar-refractivity contribution in [3.8, 4) is 28.7 Å². The predicted molar refractivity (Wildman–Crippen MR) is 83.9 cm³/mol. The van der Waals surface area contributed by atoms with E-state index in [0.717, 1.165) is 34.7 Å². The van der Waals surface area contributed by atoms with E-state index in [0.29, 0.717) is 13.2 Å². The van der Waals surface area contributed by atoms with E-state index in [4.69, 9.17) is 9.47 Å². The molecule has 0 radical (unpaired) electrons. The van der Waals surface area contributed by atoms with Crippen LogP contribution in [-0.4, -0.2) is 18.2 Å². The largest absolute Gasteiger partial charge is 0.490 e. The van der Waals surface area contributed by atoms with Crippen molar-refractivity contribution in [3.05, 3.63) is 42.2 Å². The maximum atomic E-state index is 9.17. The third kappa shape index (κ3) is 2.75. The van der Waals surface area contributed by atoms with Gasteiger partial charge in [-0.3, -0.25) is 4.98 Å². The molecule has 0 N–H and O–H groups in total. The topological polar surface area (TPSA) is 55.1 Å². The number of rotatable bonds is 2. The molecule has 2 heterocycles. The summed E-state index contributed by atoms with van der Waals surface area (Å²) in [7, 11) is 0. The highest BCUT2D eigenvalue weighted by Gasteiger charge is 2.21. The molecule has 22 heavy (non-hydrogen) atoms. The highest BCUT2D eigenvalue weighted by Crippen LogP contribution is 2.34. The molecule has 1 aliphatic heterocycles. The van der Waals surface area contributed by atoms with E-state index >= 15 is 0 Å². The lowest BCUT2D eigenvalue weighted by molar-refractivity contribution is 0.297. The normalized spacial score (nSPS) is 14.0. The molecule has 0 amide bonds. The summed E-state index contributed by atoms with van der Waals surface area (Å²) < 4.78 is 11.4. The number of pyridine rings is 1. The van der Waals surface area contributed by atoms with Crippen molar-refractivity contribution in [2.75, 3.05) is 13.2 Å². The van der Waals surface area contributed by atoms with E-state index in [1.165, 1.54) is 0 Å². The molecule has 4 nitrogen and oxygen atoms in total. The summed E-state index contributed by atoms with van der Waals surface area (Å²) in [6.07, 6.45) is 2.69. The number of hydrogen-bond donors (Lipinski definition) is 0. The lowest BCUT2D eigenvalue weighted by Gasteiger charge is -2.15. The molecule has 4 heteroatoms. The first-order chi connectivity index (χ1) is 10.6. The molecular formula is C18H18N2O2. The fraction of sp³-hybridized carbons (Fsp3) is 0.333. The third-order valence-corrected chi connectivity index (χ3v) is 3.76. The van der Waals surface area contributed by atoms with E-state index in [9.17, 15) is 5.26 Å². The van der Waals surface area contributed by atoms with Crippen LogP contribution in [0, 0.1) is 11.3 Å². The molecule has 0 fully saturated rings. The van der Waals surface area contributed by atoms with Gasteiger partial charge in [-0.2, -0.15) is 5.26 Å². The van der Waals surface area contributed by atoms with Crippen LogP contribution in [0.4, 0.5) is 0 Å². The monoisotopic (exact) mass is 294 g/mol. The second kappa shape index (κ2) is 5.69. The van der Waals surface area contributed by atoms with E-state index in [1.54, 1.807) is 6.20 Å². The fourth-order valence-corrected chi connectivity index (χ4v) is 2.33. The average Bonchev–Trinajstić information content (AvgIpc) is 2.79. The van der Waals surface area contributed by atoms with Gasteiger partial charge in [0, 0.05) is 18.2 Å². The lowest BCUT2D eigenvalue weighted by atomic mass is 9.90. The Labute approximate surface area is 130 Å². The van der Waals surface area contributed by atoms with Crippen molar-refractivity contribution in [2.45, 2.75) is 25.7 Å². The SMILES string of the molecule is CC(C)(C#N)c1ccc(-c2ccc3c(c2)OCCCO3)cn1. The van der Waals surface area contributed by atoms with Gasteiger partial charge in [0.15, 0.2) is 11.5 Å². The van der Waals surface area contributed by atoms with E-state index in [2.05, 4.69) is 11.1 Å². The molecular weight excluding hydrogens is 276 g/mol. The first kappa shape index (κ1) is 14.4. The van der Waals surface area contributed by atoms with Gasteiger partial charge in [-0.15, -0.1) is 0 Å². The van der Waals surface area contributed by atoms with Gasteiger partial charge in [-0.05, 0) is 37.6 Å². The highest BCUT2D eigenvalue weighted by atomic mass is 16.5. The third-order valence-electron chi connectivity index (χ3n) is 3.76. The molecule has 0 aliphatic carbocycles. The summed E-state index contributed by atoms with van der Waals surface area (Å²) in [4.78, 5) is 4.43. The summed E-state index contributed by atoms with van der Waals surface area (Å²) in [6, 6.07) is 12.1. The van der Waals surface area contributed by atoms with E-state index in [-0.39, 0.29) is 0 Å². The molecule has 3 rings (SSSR count). The van der Waals surface area contributed by atoms with Crippen LogP contribution in [0.1, 0.15) is 26.0 Å². The van der Waals surface area contributed by atoms with Crippen LogP contribution in [0.15, 0.2) is 36.5 Å². The Morgan fingerprint density at radius 2 is 1.77 bits per heavy atom. The maximum Gasteiger partial charge on any atom is 0.161 e. The second-order valence-electron chi connectivity index (χ2n) is 5.88. The van der Waals surface area contributed by atoms with Gasteiger partial charge < -0.3 is 9.47 Å². The summed E-state index contributed by atoms with van der Waals surface area (Å²) >= 11 is 0. The zero-order valence-corrected chi connectivity index (χ0v) is 12.8. The summed E-state index contributed by atoms with van der Waals surface area (Å²) in [5, 5.41) is 9.17. The predicted octanol–water partition coefficient (Wildman–Crippen LogP) is 3.71. The maximum absolute atomic E-state index is 9.17. The van der Waals surface area contributed by atoms with Crippen molar-refractivity contribution < 1.29 is 9.47 Å². The smallest absolute Gasteiger partial charge is 0.161 e. The van der Waals surface area contributed by atoms with Gasteiger partial charge in [-0.25, -0.2) is 0 Å². The molecule has 0 saturated carbocycles. The van der Waals surface area contributed by atoms with Gasteiger partial charge in [0.1, 0.15) is 0 Å². The molecule has 1 aliphatic rings. The number of fused-ring (bicyclic) bond motifs is 1. The molecule has 0 saturated heterocycles. The second-order valence-corrected chi connectivity index (χ2v) is 5.88. The Balaban J connectivity index is 1.92. The van der Waals surface area contributed by atoms with Gasteiger partial charge >= 0.3 is 0 Å². The summed E-state index contributed by atoms with van der Waals surface area (Å²) in [5.74, 6) is 1.56. The molecule has 0 bridgehead atoms. The van der Waals surface area contributed by atoms with Gasteiger partial charge in [0.2, 0.25) is 0 Å². The zero-order valence-electron chi connectivity index (χ0n) is 12.8. The number of nitrogens with zero attached hydrogens (tertiary/aromatic N) is 2. The van der Waals surface area contributed by atoms with Crippen molar-refractivity contribution in [3.63, 3.8) is 0 Å². The lowest BCUT2D eigenvalue weighted by Crippen LogP contribution is -2.15. The Morgan fingerprint density at radius 3 is 2.45 bits per heavy atom. The van der Waals surface area contributed by atoms with Crippen molar-refractivity contribution in [1.29, 1.82) is 5.26 Å². The summed E-state index contributed by atoms with van der Waals surface area (Å²) in [6.45, 7) is 5.08. The Hall–Kier alpha value is -2.54. The number of hydrogen-bond acceptors (Lipinski definition) is 4. The van der Waals surface area contributed by atoms with Gasteiger partial charge in [0.05, 0.1) is 30.4 Å². The first-order valence-corrected chi connectivity index (χ1v) is 7.38. The van der Waals surface area contributed by atoms with Crippen molar-refractivity contribution >= 4 is 0 Å². The molecule has 2 aromatic rings. The van der Waals surface area contributed by atoms with Crippen LogP contribution in [0.5, 0.6) is 11.5 Å². The van der Waals surface area contributed by atoms with Crippen LogP contribution in [0.3, 0.4) is 0 Å². The minimum Gasteiger partial charge on any atom is -0.490 e. The first-order valence-electron chi connectivity index (χ1n) is 7.38. The Morgan fingerprint density at radius 1 is 1.05 bits per heavy atom. The standard InChI is InChI=1S/C18H18N2O2/c1-18(2,12-19)17-7-5-14(11-20-17)13-4-6-15-16(10-13)22-9-3-8-21-15/h4-7,10-11H,3,8-9H2,1-2H3. The average molecular weight is 294 g/mol. The van der Waals surface area contributed by atoms with E-state index in [1.807, 2.05) is 44.2 Å². The van der Waals surface area contributed by atoms with Crippen molar-refractivity contribution in [2.24, 2.45) is 0 Å². The molecule has 1 aromatic heterocycles. The van der Waals surface area contributed by atoms with Gasteiger partial charge in [0.25, 0.3) is 0 Å². The Bertz CT molecular complexity index is 715. The molecule has 1 aromatic carbocycles. The quantitative estimate of drug-likeness (QED) is 0.847. The van der Waals surface area contributed by atoms with Crippen LogP contribution in [-0.2, 0) is 5.41 Å². The van der Waals surface area contributed by atoms with Gasteiger partial charge in [-0.1, -0.05) is 12.1 Å². The highest BCUT2D eigenvalue weighted by molar-refractivity contribution is 5.66. The van der Waals surface area contributed by atoms with Crippen LogP contribution in [0.25, 0.3) is 11.1 Å². The number of ether oxygens (including phenoxy) is 2. The number of nitriles is 1. The number of aromatic nitrogens is 1. The van der Waals surface area contributed by atoms with Crippen LogP contribution in [0.2, 0.25) is 0 Å². The zero-order chi connectivity index (χ0) is 15.6. The fourth-order valence-electron chi connectivity index (χ4n) is 2.33. The van der Waals surface area contributed by atoms with Crippen LogP contribution >= 0.6 is 0 Å². The minimum atomic E-state index is -0.580. The molecule has 0 atom stereocenters. The Kier molecular flexibility index (Phi) is 3.72. The number of benzene rings is 1. The molecule has 0 unspecified atom stereocenters. The molecule has 0 spiro atoms. The van der Waals surface area contributed by atoms with E-state index < -0.39 is 5.41 Å². The van der Waals surface area contributed by atoms with Crippen LogP contribution < -0.4 is 9.47 Å². The summed E-state index contributed by atoms with van der Waals surface area (Å²) in [5.41, 5.74) is 2.21. The molecule has 112 valence electrons.